The summed E-state index contributed by atoms with van der Waals surface area (Å²) < 4.78 is 0.276. The standard InChI is InChI=1S/C14H27NO2S/c1-3-4-8-12(13(16)17)15-11-14(18-2)9-6-5-7-10-14/h12,15H,3-11H2,1-2H3,(H,16,17). The van der Waals surface area contributed by atoms with E-state index in [0.29, 0.717) is 0 Å². The second-order valence-corrected chi connectivity index (χ2v) is 6.64. The highest BCUT2D eigenvalue weighted by molar-refractivity contribution is 8.00. The number of nitrogens with one attached hydrogen (secondary N) is 1. The van der Waals surface area contributed by atoms with E-state index >= 15 is 0 Å². The number of unbranched alkanes of at least 4 members (excludes halogenated alkanes) is 1. The molecule has 1 rings (SSSR count). The zero-order valence-corrected chi connectivity index (χ0v) is 12.5. The molecular weight excluding hydrogens is 246 g/mol. The summed E-state index contributed by atoms with van der Waals surface area (Å²) >= 11 is 1.92. The maximum atomic E-state index is 11.2. The van der Waals surface area contributed by atoms with Gasteiger partial charge in [-0.25, -0.2) is 0 Å². The van der Waals surface area contributed by atoms with Gasteiger partial charge in [0, 0.05) is 11.3 Å². The van der Waals surface area contributed by atoms with Crippen LogP contribution in [0.3, 0.4) is 0 Å². The monoisotopic (exact) mass is 273 g/mol. The zero-order chi connectivity index (χ0) is 13.4. The lowest BCUT2D eigenvalue weighted by atomic mass is 9.88. The van der Waals surface area contributed by atoms with Crippen LogP contribution in [-0.2, 0) is 4.79 Å². The SMILES string of the molecule is CCCCC(NCC1(SC)CCCCC1)C(=O)O. The molecule has 2 N–H and O–H groups in total. The molecule has 0 amide bonds. The second-order valence-electron chi connectivity index (χ2n) is 5.36. The molecule has 3 nitrogen and oxygen atoms in total. The minimum atomic E-state index is -0.699. The van der Waals surface area contributed by atoms with Crippen molar-refractivity contribution in [3.63, 3.8) is 0 Å². The molecule has 0 aromatic heterocycles. The molecule has 0 aromatic carbocycles. The molecule has 0 spiro atoms. The molecule has 1 aliphatic carbocycles. The minimum absolute atomic E-state index is 0.276. The zero-order valence-electron chi connectivity index (χ0n) is 11.7. The van der Waals surface area contributed by atoms with Crippen molar-refractivity contribution in [2.45, 2.75) is 69.1 Å². The van der Waals surface area contributed by atoms with Gasteiger partial charge in [-0.05, 0) is 25.5 Å². The summed E-state index contributed by atoms with van der Waals surface area (Å²) in [5.74, 6) is -0.699. The summed E-state index contributed by atoms with van der Waals surface area (Å²) in [5.41, 5.74) is 0. The average molecular weight is 273 g/mol. The number of thioether (sulfide) groups is 1. The summed E-state index contributed by atoms with van der Waals surface area (Å²) in [7, 11) is 0. The molecule has 1 aliphatic rings. The summed E-state index contributed by atoms with van der Waals surface area (Å²) in [6.45, 7) is 2.94. The lowest BCUT2D eigenvalue weighted by Gasteiger charge is -2.36. The van der Waals surface area contributed by atoms with Crippen LogP contribution in [0, 0.1) is 0 Å². The van der Waals surface area contributed by atoms with Crippen molar-refractivity contribution < 1.29 is 9.90 Å². The van der Waals surface area contributed by atoms with E-state index in [0.717, 1.165) is 25.8 Å². The Balaban J connectivity index is 2.45. The predicted octanol–water partition coefficient (Wildman–Crippen LogP) is 3.29. The van der Waals surface area contributed by atoms with Crippen LogP contribution in [0.1, 0.15) is 58.3 Å². The minimum Gasteiger partial charge on any atom is -0.480 e. The summed E-state index contributed by atoms with van der Waals surface area (Å²) in [6, 6.07) is -0.365. The number of aliphatic carboxylic acids is 1. The van der Waals surface area contributed by atoms with Crippen LogP contribution in [0.5, 0.6) is 0 Å². The normalized spacial score (nSPS) is 20.6. The summed E-state index contributed by atoms with van der Waals surface area (Å²) in [5, 5.41) is 12.5. The molecule has 0 aliphatic heterocycles. The van der Waals surface area contributed by atoms with Crippen molar-refractivity contribution in [2.24, 2.45) is 0 Å². The average Bonchev–Trinajstić information content (AvgIpc) is 2.39. The Hall–Kier alpha value is -0.220. The van der Waals surface area contributed by atoms with E-state index in [2.05, 4.69) is 18.5 Å². The van der Waals surface area contributed by atoms with Crippen LogP contribution in [0.4, 0.5) is 0 Å². The highest BCUT2D eigenvalue weighted by Gasteiger charge is 2.32. The smallest absolute Gasteiger partial charge is 0.320 e. The van der Waals surface area contributed by atoms with Gasteiger partial charge in [0.15, 0.2) is 0 Å². The maximum Gasteiger partial charge on any atom is 0.320 e. The Kier molecular flexibility index (Phi) is 7.08. The third kappa shape index (κ3) is 4.81. The molecule has 106 valence electrons. The molecule has 1 saturated carbocycles. The molecule has 1 unspecified atom stereocenters. The van der Waals surface area contributed by atoms with Crippen molar-refractivity contribution in [3.05, 3.63) is 0 Å². The first kappa shape index (κ1) is 15.8. The molecule has 18 heavy (non-hydrogen) atoms. The third-order valence-corrected chi connectivity index (χ3v) is 5.43. The summed E-state index contributed by atoms with van der Waals surface area (Å²) in [6.07, 6.45) is 11.3. The Labute approximate surface area is 115 Å². The summed E-state index contributed by atoms with van der Waals surface area (Å²) in [4.78, 5) is 11.2. The van der Waals surface area contributed by atoms with Crippen LogP contribution in [0.25, 0.3) is 0 Å². The van der Waals surface area contributed by atoms with E-state index in [1.807, 2.05) is 11.8 Å². The molecule has 1 fully saturated rings. The van der Waals surface area contributed by atoms with E-state index in [1.54, 1.807) is 0 Å². The van der Waals surface area contributed by atoms with Crippen LogP contribution in [-0.4, -0.2) is 34.7 Å². The Morgan fingerprint density at radius 1 is 1.39 bits per heavy atom. The number of carbonyl (C=O) groups is 1. The first-order valence-corrected chi connectivity index (χ1v) is 8.37. The fraction of sp³-hybridized carbons (Fsp3) is 0.929. The van der Waals surface area contributed by atoms with Gasteiger partial charge >= 0.3 is 5.97 Å². The van der Waals surface area contributed by atoms with Crippen molar-refractivity contribution in [3.8, 4) is 0 Å². The molecule has 0 radical (unpaired) electrons. The number of rotatable bonds is 8. The van der Waals surface area contributed by atoms with Gasteiger partial charge in [0.1, 0.15) is 6.04 Å². The molecule has 0 bridgehead atoms. The number of carboxylic acids is 1. The Morgan fingerprint density at radius 2 is 2.06 bits per heavy atom. The Bertz CT molecular complexity index is 252. The van der Waals surface area contributed by atoms with Crippen LogP contribution < -0.4 is 5.32 Å². The van der Waals surface area contributed by atoms with Crippen LogP contribution in [0.15, 0.2) is 0 Å². The fourth-order valence-corrected chi connectivity index (χ4v) is 3.60. The molecular formula is C14H27NO2S. The largest absolute Gasteiger partial charge is 0.480 e. The maximum absolute atomic E-state index is 11.2. The van der Waals surface area contributed by atoms with E-state index in [9.17, 15) is 9.90 Å². The van der Waals surface area contributed by atoms with E-state index in [4.69, 9.17) is 0 Å². The van der Waals surface area contributed by atoms with E-state index in [1.165, 1.54) is 32.1 Å². The molecule has 4 heteroatoms. The highest BCUT2D eigenvalue weighted by Crippen LogP contribution is 2.38. The number of carboxylic acid groups (broad SMARTS) is 1. The van der Waals surface area contributed by atoms with Crippen molar-refractivity contribution in [1.29, 1.82) is 0 Å². The molecule has 0 aromatic rings. The van der Waals surface area contributed by atoms with Gasteiger partial charge in [-0.15, -0.1) is 0 Å². The first-order chi connectivity index (χ1) is 8.63. The van der Waals surface area contributed by atoms with Crippen molar-refractivity contribution in [2.75, 3.05) is 12.8 Å². The quantitative estimate of drug-likeness (QED) is 0.712. The van der Waals surface area contributed by atoms with E-state index < -0.39 is 5.97 Å². The van der Waals surface area contributed by atoms with E-state index in [-0.39, 0.29) is 10.8 Å². The predicted molar refractivity (Wildman–Crippen MR) is 78.3 cm³/mol. The lowest BCUT2D eigenvalue weighted by molar-refractivity contribution is -0.139. The highest BCUT2D eigenvalue weighted by atomic mass is 32.2. The van der Waals surface area contributed by atoms with Crippen LogP contribution in [0.2, 0.25) is 0 Å². The second kappa shape index (κ2) is 8.05. The number of hydrogen-bond acceptors (Lipinski definition) is 3. The van der Waals surface area contributed by atoms with Crippen molar-refractivity contribution >= 4 is 17.7 Å². The lowest BCUT2D eigenvalue weighted by Crippen LogP contribution is -2.46. The van der Waals surface area contributed by atoms with Gasteiger partial charge in [-0.2, -0.15) is 11.8 Å². The topological polar surface area (TPSA) is 49.3 Å². The fourth-order valence-electron chi connectivity index (χ4n) is 2.68. The Morgan fingerprint density at radius 3 is 2.56 bits per heavy atom. The van der Waals surface area contributed by atoms with Gasteiger partial charge in [0.25, 0.3) is 0 Å². The molecule has 1 atom stereocenters. The molecule has 0 heterocycles. The van der Waals surface area contributed by atoms with Gasteiger partial charge in [-0.3, -0.25) is 4.79 Å². The van der Waals surface area contributed by atoms with Gasteiger partial charge in [-0.1, -0.05) is 39.0 Å². The van der Waals surface area contributed by atoms with Gasteiger partial charge < -0.3 is 10.4 Å². The van der Waals surface area contributed by atoms with Gasteiger partial charge in [0.2, 0.25) is 0 Å². The van der Waals surface area contributed by atoms with Crippen molar-refractivity contribution in [1.82, 2.24) is 5.32 Å². The molecule has 0 saturated heterocycles. The third-order valence-electron chi connectivity index (χ3n) is 4.01. The van der Waals surface area contributed by atoms with Crippen LogP contribution >= 0.6 is 11.8 Å². The van der Waals surface area contributed by atoms with Gasteiger partial charge in [0.05, 0.1) is 0 Å². The number of hydrogen-bond donors (Lipinski definition) is 2. The first-order valence-electron chi connectivity index (χ1n) is 7.15.